The van der Waals surface area contributed by atoms with Gasteiger partial charge in [-0.15, -0.1) is 11.3 Å². The number of nitrogens with one attached hydrogen (secondary N) is 1. The van der Waals surface area contributed by atoms with Crippen LogP contribution in [-0.4, -0.2) is 11.0 Å². The maximum Gasteiger partial charge on any atom is 0.106 e. The molecule has 1 aromatic heterocycles. The molecule has 2 nitrogen and oxygen atoms in total. The van der Waals surface area contributed by atoms with Gasteiger partial charge in [0.2, 0.25) is 0 Å². The van der Waals surface area contributed by atoms with Crippen molar-refractivity contribution in [3.63, 3.8) is 0 Å². The van der Waals surface area contributed by atoms with Crippen molar-refractivity contribution in [3.05, 3.63) is 22.7 Å². The average molecular weight is 281 g/mol. The van der Waals surface area contributed by atoms with Crippen LogP contribution in [-0.2, 0) is 0 Å². The second kappa shape index (κ2) is 5.06. The largest absolute Gasteiger partial charge is 0.379 e. The van der Waals surface area contributed by atoms with Crippen LogP contribution in [0.3, 0.4) is 0 Å². The van der Waals surface area contributed by atoms with E-state index in [0.29, 0.717) is 12.0 Å². The van der Waals surface area contributed by atoms with E-state index in [1.165, 1.54) is 30.4 Å². The molecule has 0 radical (unpaired) electrons. The van der Waals surface area contributed by atoms with Gasteiger partial charge in [-0.2, -0.15) is 0 Å². The number of benzene rings is 1. The van der Waals surface area contributed by atoms with Crippen LogP contribution in [0.25, 0.3) is 10.2 Å². The van der Waals surface area contributed by atoms with Crippen molar-refractivity contribution in [1.29, 1.82) is 0 Å². The molecule has 18 heavy (non-hydrogen) atoms. The molecule has 2 aromatic rings. The lowest BCUT2D eigenvalue weighted by Gasteiger charge is -2.30. The Morgan fingerprint density at radius 3 is 3.00 bits per heavy atom. The Morgan fingerprint density at radius 2 is 2.17 bits per heavy atom. The molecule has 0 saturated heterocycles. The smallest absolute Gasteiger partial charge is 0.106 e. The third-order valence-electron chi connectivity index (χ3n) is 3.89. The first-order valence-corrected chi connectivity index (χ1v) is 7.79. The molecule has 0 amide bonds. The van der Waals surface area contributed by atoms with Crippen LogP contribution in [0.1, 0.15) is 32.6 Å². The zero-order valence-corrected chi connectivity index (χ0v) is 12.0. The van der Waals surface area contributed by atoms with Gasteiger partial charge in [-0.3, -0.25) is 0 Å². The monoisotopic (exact) mass is 280 g/mol. The van der Waals surface area contributed by atoms with Crippen LogP contribution in [0.5, 0.6) is 0 Å². The summed E-state index contributed by atoms with van der Waals surface area (Å²) < 4.78 is 1.20. The van der Waals surface area contributed by atoms with Crippen LogP contribution < -0.4 is 5.32 Å². The molecule has 1 fully saturated rings. The zero-order valence-electron chi connectivity index (χ0n) is 10.4. The standard InChI is InChI=1S/C14H17ClN2S/c1-9-4-2-3-5-11(9)17-13-10(15)6-7-12-14(13)16-8-18-12/h6-9,11,17H,2-5H2,1H3. The second-order valence-electron chi connectivity index (χ2n) is 5.13. The van der Waals surface area contributed by atoms with Gasteiger partial charge in [-0.1, -0.05) is 31.4 Å². The summed E-state index contributed by atoms with van der Waals surface area (Å²) >= 11 is 7.99. The minimum absolute atomic E-state index is 0.531. The molecule has 1 heterocycles. The summed E-state index contributed by atoms with van der Waals surface area (Å²) in [5.41, 5.74) is 3.93. The summed E-state index contributed by atoms with van der Waals surface area (Å²) in [6.07, 6.45) is 5.21. The van der Waals surface area contributed by atoms with Gasteiger partial charge in [-0.05, 0) is 30.9 Å². The Balaban J connectivity index is 1.93. The van der Waals surface area contributed by atoms with E-state index < -0.39 is 0 Å². The molecule has 1 N–H and O–H groups in total. The molecule has 4 heteroatoms. The van der Waals surface area contributed by atoms with Gasteiger partial charge in [0.15, 0.2) is 0 Å². The number of hydrogen-bond donors (Lipinski definition) is 1. The quantitative estimate of drug-likeness (QED) is 0.843. The molecular weight excluding hydrogens is 264 g/mol. The Hall–Kier alpha value is -0.800. The van der Waals surface area contributed by atoms with Gasteiger partial charge >= 0.3 is 0 Å². The Morgan fingerprint density at radius 1 is 1.33 bits per heavy atom. The average Bonchev–Trinajstić information content (AvgIpc) is 2.83. The summed E-state index contributed by atoms with van der Waals surface area (Å²) in [4.78, 5) is 4.44. The molecule has 2 unspecified atom stereocenters. The van der Waals surface area contributed by atoms with E-state index in [2.05, 4.69) is 17.2 Å². The summed E-state index contributed by atoms with van der Waals surface area (Å²) in [5, 5.41) is 4.42. The van der Waals surface area contributed by atoms with Crippen LogP contribution in [0.2, 0.25) is 5.02 Å². The SMILES string of the molecule is CC1CCCCC1Nc1c(Cl)ccc2scnc12. The van der Waals surface area contributed by atoms with Gasteiger partial charge in [0, 0.05) is 6.04 Å². The highest BCUT2D eigenvalue weighted by atomic mass is 35.5. The van der Waals surface area contributed by atoms with Gasteiger partial charge in [0.1, 0.15) is 5.52 Å². The highest BCUT2D eigenvalue weighted by molar-refractivity contribution is 7.16. The lowest BCUT2D eigenvalue weighted by atomic mass is 9.86. The highest BCUT2D eigenvalue weighted by Gasteiger charge is 2.22. The van der Waals surface area contributed by atoms with Crippen molar-refractivity contribution >= 4 is 38.8 Å². The van der Waals surface area contributed by atoms with E-state index in [0.717, 1.165) is 16.2 Å². The molecule has 1 aromatic carbocycles. The predicted octanol–water partition coefficient (Wildman–Crippen LogP) is 4.94. The zero-order chi connectivity index (χ0) is 12.5. The topological polar surface area (TPSA) is 24.9 Å². The molecular formula is C14H17ClN2S. The van der Waals surface area contributed by atoms with Crippen molar-refractivity contribution in [2.45, 2.75) is 38.6 Å². The van der Waals surface area contributed by atoms with E-state index in [1.54, 1.807) is 11.3 Å². The molecule has 0 spiro atoms. The molecule has 0 bridgehead atoms. The first-order valence-electron chi connectivity index (χ1n) is 6.54. The van der Waals surface area contributed by atoms with E-state index in [4.69, 9.17) is 11.6 Å². The Bertz CT molecular complexity index is 552. The highest BCUT2D eigenvalue weighted by Crippen LogP contribution is 2.35. The van der Waals surface area contributed by atoms with Crippen molar-refractivity contribution in [1.82, 2.24) is 4.98 Å². The maximum atomic E-state index is 6.33. The van der Waals surface area contributed by atoms with E-state index in [9.17, 15) is 0 Å². The number of rotatable bonds is 2. The van der Waals surface area contributed by atoms with Crippen LogP contribution >= 0.6 is 22.9 Å². The molecule has 96 valence electrons. The molecule has 3 rings (SSSR count). The minimum atomic E-state index is 0.531. The number of thiazole rings is 1. The van der Waals surface area contributed by atoms with Gasteiger partial charge in [0.05, 0.1) is 20.9 Å². The summed E-state index contributed by atoms with van der Waals surface area (Å²) in [6.45, 7) is 2.33. The Labute approximate surface area is 116 Å². The van der Waals surface area contributed by atoms with Crippen molar-refractivity contribution in [3.8, 4) is 0 Å². The molecule has 1 aliphatic rings. The lowest BCUT2D eigenvalue weighted by molar-refractivity contribution is 0.350. The van der Waals surface area contributed by atoms with E-state index >= 15 is 0 Å². The maximum absolute atomic E-state index is 6.33. The number of anilines is 1. The lowest BCUT2D eigenvalue weighted by Crippen LogP contribution is -2.30. The van der Waals surface area contributed by atoms with Crippen LogP contribution in [0.15, 0.2) is 17.6 Å². The predicted molar refractivity (Wildman–Crippen MR) is 79.7 cm³/mol. The van der Waals surface area contributed by atoms with Gasteiger partial charge in [-0.25, -0.2) is 4.98 Å². The van der Waals surface area contributed by atoms with E-state index in [-0.39, 0.29) is 0 Å². The summed E-state index contributed by atoms with van der Waals surface area (Å²) in [6, 6.07) is 4.55. The van der Waals surface area contributed by atoms with E-state index in [1.807, 2.05) is 17.6 Å². The fraction of sp³-hybridized carbons (Fsp3) is 0.500. The van der Waals surface area contributed by atoms with Gasteiger partial charge in [0.25, 0.3) is 0 Å². The number of aromatic nitrogens is 1. The number of halogens is 1. The normalized spacial score (nSPS) is 24.3. The summed E-state index contributed by atoms with van der Waals surface area (Å²) in [7, 11) is 0. The van der Waals surface area contributed by atoms with Gasteiger partial charge < -0.3 is 5.32 Å². The number of hydrogen-bond acceptors (Lipinski definition) is 3. The van der Waals surface area contributed by atoms with Crippen molar-refractivity contribution in [2.75, 3.05) is 5.32 Å². The number of nitrogens with zero attached hydrogens (tertiary/aromatic N) is 1. The first kappa shape index (κ1) is 12.2. The summed E-state index contributed by atoms with van der Waals surface area (Å²) in [5.74, 6) is 0.712. The third-order valence-corrected chi connectivity index (χ3v) is 5.00. The fourth-order valence-electron chi connectivity index (χ4n) is 2.76. The molecule has 2 atom stereocenters. The second-order valence-corrected chi connectivity index (χ2v) is 6.43. The Kier molecular flexibility index (Phi) is 3.44. The minimum Gasteiger partial charge on any atom is -0.379 e. The van der Waals surface area contributed by atoms with Crippen molar-refractivity contribution < 1.29 is 0 Å². The van der Waals surface area contributed by atoms with Crippen LogP contribution in [0, 0.1) is 5.92 Å². The van der Waals surface area contributed by atoms with Crippen molar-refractivity contribution in [2.24, 2.45) is 5.92 Å². The molecule has 1 saturated carbocycles. The van der Waals surface area contributed by atoms with Crippen LogP contribution in [0.4, 0.5) is 5.69 Å². The third kappa shape index (κ3) is 2.21. The molecule has 1 aliphatic carbocycles. The first-order chi connectivity index (χ1) is 8.75. The number of fused-ring (bicyclic) bond motifs is 1. The molecule has 0 aliphatic heterocycles. The fourth-order valence-corrected chi connectivity index (χ4v) is 3.65.